The molecule has 0 bridgehead atoms. The van der Waals surface area contributed by atoms with Crippen molar-refractivity contribution >= 4 is 9.84 Å². The normalized spacial score (nSPS) is 12.6. The topological polar surface area (TPSA) is 57.9 Å². The van der Waals surface area contributed by atoms with Crippen LogP contribution >= 0.6 is 0 Å². The second-order valence-corrected chi connectivity index (χ2v) is 7.17. The first-order chi connectivity index (χ1) is 9.96. The minimum atomic E-state index is -3.59. The van der Waals surface area contributed by atoms with Gasteiger partial charge < -0.3 is 0 Å². The van der Waals surface area contributed by atoms with Gasteiger partial charge in [-0.25, -0.2) is 8.42 Å². The Bertz CT molecular complexity index is 774. The summed E-state index contributed by atoms with van der Waals surface area (Å²) in [6.45, 7) is 3.71. The summed E-state index contributed by atoms with van der Waals surface area (Å²) in [5.41, 5.74) is 2.39. The molecule has 1 unspecified atom stereocenters. The number of hydrogen-bond acceptors (Lipinski definition) is 3. The monoisotopic (exact) mass is 299 g/mol. The predicted molar refractivity (Wildman–Crippen MR) is 82.5 cm³/mol. The lowest BCUT2D eigenvalue weighted by Gasteiger charge is -2.17. The highest BCUT2D eigenvalue weighted by Crippen LogP contribution is 2.33. The Hall–Kier alpha value is -2.12. The summed E-state index contributed by atoms with van der Waals surface area (Å²) in [6.07, 6.45) is -0.0559. The molecule has 0 N–H and O–H groups in total. The third-order valence-corrected chi connectivity index (χ3v) is 5.72. The van der Waals surface area contributed by atoms with Crippen LogP contribution in [0.15, 0.2) is 53.4 Å². The largest absolute Gasteiger partial charge is 0.223 e. The first-order valence-electron chi connectivity index (χ1n) is 6.70. The highest BCUT2D eigenvalue weighted by molar-refractivity contribution is 7.91. The predicted octanol–water partition coefficient (Wildman–Crippen LogP) is 3.73. The van der Waals surface area contributed by atoms with Crippen LogP contribution in [0.2, 0.25) is 0 Å². The molecular formula is C17H17NO2S. The molecule has 108 valence electrons. The quantitative estimate of drug-likeness (QED) is 0.864. The number of sulfone groups is 1. The Kier molecular flexibility index (Phi) is 4.44. The highest BCUT2D eigenvalue weighted by Gasteiger charge is 2.30. The van der Waals surface area contributed by atoms with Gasteiger partial charge in [0, 0.05) is 0 Å². The van der Waals surface area contributed by atoms with E-state index in [4.69, 9.17) is 5.26 Å². The third-order valence-electron chi connectivity index (χ3n) is 3.46. The van der Waals surface area contributed by atoms with Crippen molar-refractivity contribution in [3.8, 4) is 6.07 Å². The molecule has 0 heterocycles. The van der Waals surface area contributed by atoms with E-state index in [1.165, 1.54) is 0 Å². The molecule has 0 spiro atoms. The van der Waals surface area contributed by atoms with Crippen LogP contribution in [0, 0.1) is 25.2 Å². The van der Waals surface area contributed by atoms with Gasteiger partial charge in [-0.1, -0.05) is 48.0 Å². The molecule has 0 radical (unpaired) electrons. The minimum Gasteiger partial charge on any atom is -0.223 e. The summed E-state index contributed by atoms with van der Waals surface area (Å²) in [6, 6.07) is 16.2. The molecule has 2 rings (SSSR count). The number of rotatable bonds is 4. The lowest BCUT2D eigenvalue weighted by molar-refractivity contribution is 0.582. The first kappa shape index (κ1) is 15.3. The van der Waals surface area contributed by atoms with Crippen molar-refractivity contribution in [2.45, 2.75) is 30.4 Å². The summed E-state index contributed by atoms with van der Waals surface area (Å²) in [5.74, 6) is 0. The van der Waals surface area contributed by atoms with E-state index < -0.39 is 15.1 Å². The van der Waals surface area contributed by atoms with Gasteiger partial charge >= 0.3 is 0 Å². The van der Waals surface area contributed by atoms with Crippen LogP contribution in [0.3, 0.4) is 0 Å². The first-order valence-corrected chi connectivity index (χ1v) is 8.24. The molecule has 0 aliphatic rings. The zero-order chi connectivity index (χ0) is 15.5. The van der Waals surface area contributed by atoms with Crippen LogP contribution in [-0.2, 0) is 9.84 Å². The van der Waals surface area contributed by atoms with E-state index in [-0.39, 0.29) is 6.42 Å². The average Bonchev–Trinajstić information content (AvgIpc) is 2.45. The fourth-order valence-corrected chi connectivity index (χ4v) is 4.31. The molecule has 0 aliphatic carbocycles. The highest BCUT2D eigenvalue weighted by atomic mass is 32.2. The van der Waals surface area contributed by atoms with Crippen molar-refractivity contribution in [1.82, 2.24) is 0 Å². The average molecular weight is 299 g/mol. The summed E-state index contributed by atoms with van der Waals surface area (Å²) < 4.78 is 25.8. The van der Waals surface area contributed by atoms with Gasteiger partial charge in [-0.2, -0.15) is 5.26 Å². The van der Waals surface area contributed by atoms with Crippen molar-refractivity contribution in [2.75, 3.05) is 0 Å². The van der Waals surface area contributed by atoms with Crippen LogP contribution in [0.1, 0.15) is 28.4 Å². The molecule has 1 atom stereocenters. The van der Waals surface area contributed by atoms with E-state index >= 15 is 0 Å². The number of nitrogens with zero attached hydrogens (tertiary/aromatic N) is 1. The maximum Gasteiger partial charge on any atom is 0.186 e. The molecule has 3 nitrogen and oxygen atoms in total. The van der Waals surface area contributed by atoms with Gasteiger partial charge in [0.15, 0.2) is 9.84 Å². The molecule has 2 aromatic rings. The Morgan fingerprint density at radius 2 is 1.76 bits per heavy atom. The van der Waals surface area contributed by atoms with E-state index in [0.29, 0.717) is 16.0 Å². The lowest BCUT2D eigenvalue weighted by atomic mass is 10.1. The second kappa shape index (κ2) is 6.11. The van der Waals surface area contributed by atoms with Crippen LogP contribution in [-0.4, -0.2) is 8.42 Å². The number of benzene rings is 2. The van der Waals surface area contributed by atoms with Crippen molar-refractivity contribution in [1.29, 1.82) is 5.26 Å². The molecular weight excluding hydrogens is 282 g/mol. The van der Waals surface area contributed by atoms with E-state index in [2.05, 4.69) is 0 Å². The van der Waals surface area contributed by atoms with Gasteiger partial charge in [-0.15, -0.1) is 0 Å². The molecule has 0 fully saturated rings. The third kappa shape index (κ3) is 3.14. The van der Waals surface area contributed by atoms with Gasteiger partial charge in [0.25, 0.3) is 0 Å². The molecule has 0 aliphatic heterocycles. The zero-order valence-corrected chi connectivity index (χ0v) is 12.9. The summed E-state index contributed by atoms with van der Waals surface area (Å²) >= 11 is 0. The van der Waals surface area contributed by atoms with Crippen molar-refractivity contribution < 1.29 is 8.42 Å². The van der Waals surface area contributed by atoms with Crippen LogP contribution < -0.4 is 0 Å². The summed E-state index contributed by atoms with van der Waals surface area (Å²) in [4.78, 5) is 0.303. The molecule has 0 aromatic heterocycles. The SMILES string of the molecule is Cc1ccc(S(=O)(=O)C(CC#N)c2ccccc2)c(C)c1. The van der Waals surface area contributed by atoms with Gasteiger partial charge in [0.2, 0.25) is 0 Å². The standard InChI is InChI=1S/C17H17NO2S/c1-13-8-9-16(14(2)12-13)21(19,20)17(10-11-18)15-6-4-3-5-7-15/h3-9,12,17H,10H2,1-2H3. The van der Waals surface area contributed by atoms with Gasteiger partial charge in [-0.3, -0.25) is 0 Å². The van der Waals surface area contributed by atoms with Gasteiger partial charge in [0.05, 0.1) is 17.4 Å². The molecule has 0 saturated carbocycles. The summed E-state index contributed by atoms with van der Waals surface area (Å²) in [5, 5.41) is 8.18. The number of aryl methyl sites for hydroxylation is 2. The van der Waals surface area contributed by atoms with Gasteiger partial charge in [-0.05, 0) is 31.0 Å². The van der Waals surface area contributed by atoms with E-state index in [1.54, 1.807) is 43.3 Å². The fraction of sp³-hybridized carbons (Fsp3) is 0.235. The molecule has 2 aromatic carbocycles. The number of nitriles is 1. The Balaban J connectivity index is 2.56. The maximum atomic E-state index is 12.9. The van der Waals surface area contributed by atoms with Crippen LogP contribution in [0.5, 0.6) is 0 Å². The summed E-state index contributed by atoms with van der Waals surface area (Å²) in [7, 11) is -3.59. The second-order valence-electron chi connectivity index (χ2n) is 5.08. The Labute approximate surface area is 125 Å². The molecule has 0 amide bonds. The Morgan fingerprint density at radius 3 is 2.33 bits per heavy atom. The zero-order valence-electron chi connectivity index (χ0n) is 12.1. The van der Waals surface area contributed by atoms with Gasteiger partial charge in [0.1, 0.15) is 5.25 Å². The van der Waals surface area contributed by atoms with E-state index in [9.17, 15) is 8.42 Å². The van der Waals surface area contributed by atoms with Crippen molar-refractivity contribution in [3.05, 3.63) is 65.2 Å². The Morgan fingerprint density at radius 1 is 1.10 bits per heavy atom. The number of hydrogen-bond donors (Lipinski definition) is 0. The van der Waals surface area contributed by atoms with Crippen LogP contribution in [0.25, 0.3) is 0 Å². The van der Waals surface area contributed by atoms with Crippen molar-refractivity contribution in [2.24, 2.45) is 0 Å². The van der Waals surface area contributed by atoms with Crippen LogP contribution in [0.4, 0.5) is 0 Å². The maximum absolute atomic E-state index is 12.9. The minimum absolute atomic E-state index is 0.0559. The lowest BCUT2D eigenvalue weighted by Crippen LogP contribution is -2.14. The van der Waals surface area contributed by atoms with E-state index in [0.717, 1.165) is 5.56 Å². The van der Waals surface area contributed by atoms with Crippen molar-refractivity contribution in [3.63, 3.8) is 0 Å². The fourth-order valence-electron chi connectivity index (χ4n) is 2.43. The molecule has 21 heavy (non-hydrogen) atoms. The van der Waals surface area contributed by atoms with E-state index in [1.807, 2.05) is 25.1 Å². The smallest absolute Gasteiger partial charge is 0.186 e. The molecule has 0 saturated heterocycles. The molecule has 4 heteroatoms.